The van der Waals surface area contributed by atoms with Gasteiger partial charge in [-0.2, -0.15) is 16.8 Å². The summed E-state index contributed by atoms with van der Waals surface area (Å²) in [7, 11) is -8.53. The number of fused-ring (bicyclic) bond motifs is 12. The molecule has 476 valence electrons. The van der Waals surface area contributed by atoms with Gasteiger partial charge in [-0.15, -0.1) is 0 Å². The van der Waals surface area contributed by atoms with Crippen molar-refractivity contribution in [3.8, 4) is 0 Å². The molecule has 6 aliphatic rings. The fraction of sp³-hybridized carbons (Fsp3) is 0.522. The summed E-state index contributed by atoms with van der Waals surface area (Å²) in [6.07, 6.45) is 18.8. The lowest BCUT2D eigenvalue weighted by molar-refractivity contribution is 0.0972. The van der Waals surface area contributed by atoms with Crippen molar-refractivity contribution in [2.45, 2.75) is 197 Å². The second-order valence-electron chi connectivity index (χ2n) is 28.1. The molecule has 3 saturated heterocycles. The van der Waals surface area contributed by atoms with Crippen molar-refractivity contribution in [3.63, 3.8) is 0 Å². The average molecular weight is 1320 g/mol. The molecule has 1 saturated carbocycles. The van der Waals surface area contributed by atoms with E-state index in [4.69, 9.17) is 15.0 Å². The highest BCUT2D eigenvalue weighted by molar-refractivity contribution is 9.10. The van der Waals surface area contributed by atoms with Crippen molar-refractivity contribution in [1.82, 2.24) is 39.3 Å². The number of halogens is 1. The summed E-state index contributed by atoms with van der Waals surface area (Å²) >= 11 is 3.45. The Morgan fingerprint density at radius 1 is 0.517 bits per heavy atom. The second kappa shape index (κ2) is 26.2. The number of rotatable bonds is 3. The Balaban J connectivity index is 0.000000182. The third-order valence-electron chi connectivity index (χ3n) is 18.0. The molecule has 4 N–H and O–H groups in total. The maximum absolute atomic E-state index is 13.6. The number of nitrogens with zero attached hydrogens (tertiary/aromatic N) is 9. The van der Waals surface area contributed by atoms with Gasteiger partial charge in [-0.05, 0) is 180 Å². The van der Waals surface area contributed by atoms with E-state index in [1.54, 1.807) is 48.7 Å². The maximum atomic E-state index is 13.6. The molecule has 5 aliphatic heterocycles. The number of anilines is 5. The molecule has 6 aromatic rings. The highest BCUT2D eigenvalue weighted by atomic mass is 79.9. The van der Waals surface area contributed by atoms with Gasteiger partial charge in [0.15, 0.2) is 10.1 Å². The Labute approximate surface area is 535 Å². The van der Waals surface area contributed by atoms with Crippen LogP contribution in [0.25, 0.3) is 0 Å². The highest BCUT2D eigenvalue weighted by Crippen LogP contribution is 2.44. The number of hydrogen-bond donors (Lipinski definition) is 4. The van der Waals surface area contributed by atoms with Crippen molar-refractivity contribution in [3.05, 3.63) is 136 Å². The van der Waals surface area contributed by atoms with Gasteiger partial charge in [0.05, 0.1) is 46.5 Å². The smallest absolute Gasteiger partial charge is 0.281 e. The van der Waals surface area contributed by atoms with Crippen molar-refractivity contribution in [2.75, 3.05) is 51.5 Å². The predicted octanol–water partition coefficient (Wildman–Crippen LogP) is 13.0. The van der Waals surface area contributed by atoms with Crippen LogP contribution >= 0.6 is 15.9 Å². The Bertz CT molecular complexity index is 3740. The molecule has 0 radical (unpaired) electrons. The largest absolute Gasteiger partial charge is 0.370 e. The summed E-state index contributed by atoms with van der Waals surface area (Å²) in [5.41, 5.74) is 3.91. The Kier molecular flexibility index (Phi) is 19.2. The lowest BCUT2D eigenvalue weighted by Crippen LogP contribution is -2.41. The zero-order valence-electron chi connectivity index (χ0n) is 53.2. The minimum atomic E-state index is -4.27. The molecule has 8 bridgehead atoms. The van der Waals surface area contributed by atoms with Crippen LogP contribution in [0.5, 0.6) is 0 Å². The van der Waals surface area contributed by atoms with E-state index in [2.05, 4.69) is 147 Å². The van der Waals surface area contributed by atoms with E-state index < -0.39 is 31.9 Å². The van der Waals surface area contributed by atoms with Gasteiger partial charge in [-0.1, -0.05) is 85.8 Å². The number of amides is 2. The number of nitrogens with one attached hydrogen (secondary N) is 4. The molecule has 22 heteroatoms. The first-order valence-corrected chi connectivity index (χ1v) is 35.3. The van der Waals surface area contributed by atoms with Crippen molar-refractivity contribution >= 4 is 76.7 Å². The molecule has 4 fully saturated rings. The standard InChI is InChI=1S/C33H43N7O3S.C29H35BrN6O3S.C5H10/c1-32(2,3)27-16-13-24-30(36-27)40-21-22(19-33(40,4)5)11-14-26(25-15-12-23(20-34-25)39-17-6-7-18-39)35-28-9-8-10-29(37-28)44(42,43)38-31(24)41;1-28(2,3)23-14-11-20-26(33-23)36-17-18(15-29(36,4)5)9-12-22(21-13-10-19(30)16-31-21)32-24-7-6-8-25(34-24)40(38,39)35-27(20)37;1-2-4-5-3-1/h8-10,12-13,15-16,20,22,26H,6-7,11,14,17-19,21H2,1-5H3,(H,35,37)(H,38,41);6-8,10-11,13-14,16,18,22H,9,12,15,17H2,1-5H3,(H,32,34)(H,35,37);1-5H2/t22-,26?;18-,22?;/m00./s1. The van der Waals surface area contributed by atoms with Crippen LogP contribution in [0.4, 0.5) is 29.0 Å². The minimum absolute atomic E-state index is 0.178. The number of sulfonamides is 2. The van der Waals surface area contributed by atoms with E-state index in [1.165, 1.54) is 57.1 Å². The zero-order valence-corrected chi connectivity index (χ0v) is 56.5. The van der Waals surface area contributed by atoms with Gasteiger partial charge < -0.3 is 25.3 Å². The first kappa shape index (κ1) is 65.2. The maximum Gasteiger partial charge on any atom is 0.281 e. The molecular formula is C67H88BrN13O6S2. The molecular weight excluding hydrogens is 1230 g/mol. The average Bonchev–Trinajstić information content (AvgIpc) is 1.96. The Morgan fingerprint density at radius 3 is 1.34 bits per heavy atom. The second-order valence-corrected chi connectivity index (χ2v) is 32.2. The van der Waals surface area contributed by atoms with Crippen molar-refractivity contribution in [1.29, 1.82) is 0 Å². The van der Waals surface area contributed by atoms with Crippen LogP contribution in [-0.4, -0.2) is 95.8 Å². The van der Waals surface area contributed by atoms with Gasteiger partial charge >= 0.3 is 0 Å². The van der Waals surface area contributed by atoms with E-state index in [0.717, 1.165) is 84.6 Å². The Hall–Kier alpha value is -6.78. The summed E-state index contributed by atoms with van der Waals surface area (Å²) in [6.45, 7) is 24.6. The van der Waals surface area contributed by atoms with Crippen LogP contribution < -0.4 is 34.8 Å². The number of carbonyl (C=O) groups is 2. The van der Waals surface area contributed by atoms with Crippen LogP contribution in [-0.2, 0) is 30.9 Å². The molecule has 1 aliphatic carbocycles. The van der Waals surface area contributed by atoms with E-state index in [-0.39, 0.29) is 55.2 Å². The van der Waals surface area contributed by atoms with E-state index >= 15 is 0 Å². The van der Waals surface area contributed by atoms with Crippen LogP contribution in [0.2, 0.25) is 0 Å². The normalized spacial score (nSPS) is 22.9. The zero-order chi connectivity index (χ0) is 63.7. The summed E-state index contributed by atoms with van der Waals surface area (Å²) in [5, 5.41) is 6.40. The lowest BCUT2D eigenvalue weighted by atomic mass is 9.90. The van der Waals surface area contributed by atoms with Crippen LogP contribution in [0.3, 0.4) is 0 Å². The molecule has 6 aromatic heterocycles. The molecule has 4 atom stereocenters. The minimum Gasteiger partial charge on any atom is -0.370 e. The summed E-state index contributed by atoms with van der Waals surface area (Å²) in [5.74, 6) is 1.05. The quantitative estimate of drug-likeness (QED) is 0.129. The molecule has 0 spiro atoms. The van der Waals surface area contributed by atoms with Gasteiger partial charge in [0.2, 0.25) is 0 Å². The first-order chi connectivity index (χ1) is 42.0. The van der Waals surface area contributed by atoms with Crippen molar-refractivity contribution < 1.29 is 26.4 Å². The summed E-state index contributed by atoms with van der Waals surface area (Å²) in [4.78, 5) is 62.2. The van der Waals surface area contributed by atoms with Gasteiger partial charge in [0, 0.05) is 70.1 Å². The fourth-order valence-electron chi connectivity index (χ4n) is 13.1. The van der Waals surface area contributed by atoms with Gasteiger partial charge in [-0.25, -0.2) is 29.4 Å². The molecule has 89 heavy (non-hydrogen) atoms. The number of hydrogen-bond acceptors (Lipinski definition) is 17. The topological polar surface area (TPSA) is 238 Å². The van der Waals surface area contributed by atoms with Gasteiger partial charge in [0.25, 0.3) is 31.9 Å². The lowest BCUT2D eigenvalue weighted by Gasteiger charge is -2.34. The SMILES string of the molecule is C1CCCC1.CC(C)(C)c1ccc2c(n1)N1C[C@@H](CCC(c3ccc(Br)cn3)Nc3cccc(n3)S(=O)(=O)NC2=O)CC1(C)C.CC(C)(C)c1ccc2c(n1)N1C[C@@H](CCC(c3ccc(N4CCCC4)cn3)Nc3cccc(n3)S(=O)(=O)NC2=O)CC1(C)C. The van der Waals surface area contributed by atoms with E-state index in [1.807, 2.05) is 24.4 Å². The van der Waals surface area contributed by atoms with Crippen LogP contribution in [0, 0.1) is 11.8 Å². The summed E-state index contributed by atoms with van der Waals surface area (Å²) in [6, 6.07) is 24.2. The molecule has 12 rings (SSSR count). The third-order valence-corrected chi connectivity index (χ3v) is 20.9. The molecule has 2 unspecified atom stereocenters. The third kappa shape index (κ3) is 15.5. The van der Waals surface area contributed by atoms with E-state index in [0.29, 0.717) is 48.2 Å². The van der Waals surface area contributed by atoms with Gasteiger partial charge in [-0.3, -0.25) is 19.6 Å². The fourth-order valence-corrected chi connectivity index (χ4v) is 15.2. The van der Waals surface area contributed by atoms with Crippen molar-refractivity contribution in [2.24, 2.45) is 11.8 Å². The molecule has 19 nitrogen and oxygen atoms in total. The Morgan fingerprint density at radius 2 is 0.944 bits per heavy atom. The monoisotopic (exact) mass is 1310 g/mol. The van der Waals surface area contributed by atoms with Crippen LogP contribution in [0.15, 0.2) is 112 Å². The number of pyridine rings is 6. The van der Waals surface area contributed by atoms with Crippen LogP contribution in [0.1, 0.15) is 208 Å². The first-order valence-electron chi connectivity index (χ1n) is 31.6. The summed E-state index contributed by atoms with van der Waals surface area (Å²) < 4.78 is 59.0. The predicted molar refractivity (Wildman–Crippen MR) is 355 cm³/mol. The highest BCUT2D eigenvalue weighted by Gasteiger charge is 2.44. The van der Waals surface area contributed by atoms with E-state index in [9.17, 15) is 26.4 Å². The number of aromatic nitrogens is 6. The van der Waals surface area contributed by atoms with Gasteiger partial charge in [0.1, 0.15) is 23.3 Å². The number of carbonyl (C=O) groups excluding carboxylic acids is 2. The molecule has 11 heterocycles. The molecule has 2 amide bonds. The molecule has 0 aromatic carbocycles.